The van der Waals surface area contributed by atoms with E-state index in [1.807, 2.05) is 6.21 Å². The summed E-state index contributed by atoms with van der Waals surface area (Å²) in [6.45, 7) is 0.939. The molecule has 0 aromatic carbocycles. The monoisotopic (exact) mass is 119 g/mol. The molecular formula is C8H9N. The van der Waals surface area contributed by atoms with Crippen molar-refractivity contribution in [2.24, 2.45) is 10.9 Å². The summed E-state index contributed by atoms with van der Waals surface area (Å²) in [6, 6.07) is 0. The van der Waals surface area contributed by atoms with Gasteiger partial charge in [0.05, 0.1) is 6.54 Å². The van der Waals surface area contributed by atoms with Gasteiger partial charge in [0.2, 0.25) is 0 Å². The number of rotatable bonds is 0. The maximum atomic E-state index is 4.18. The Morgan fingerprint density at radius 1 is 1.56 bits per heavy atom. The van der Waals surface area contributed by atoms with Gasteiger partial charge in [0, 0.05) is 12.1 Å². The van der Waals surface area contributed by atoms with Gasteiger partial charge in [-0.3, -0.25) is 4.99 Å². The first-order valence-electron chi connectivity index (χ1n) is 3.32. The number of allylic oxidation sites excluding steroid dienone is 3. The van der Waals surface area contributed by atoms with Gasteiger partial charge in [-0.15, -0.1) is 0 Å². The topological polar surface area (TPSA) is 12.4 Å². The van der Waals surface area contributed by atoms with Crippen molar-refractivity contribution in [2.75, 3.05) is 6.54 Å². The molecule has 2 rings (SSSR count). The van der Waals surface area contributed by atoms with Gasteiger partial charge in [-0.05, 0) is 12.0 Å². The molecule has 0 amide bonds. The molecule has 0 aromatic heterocycles. The minimum absolute atomic E-state index is 0.554. The molecule has 2 aliphatic rings. The van der Waals surface area contributed by atoms with Gasteiger partial charge in [-0.1, -0.05) is 18.2 Å². The number of nitrogens with zero attached hydrogens (tertiary/aromatic N) is 1. The Morgan fingerprint density at radius 3 is 3.44 bits per heavy atom. The predicted octanol–water partition coefficient (Wildman–Crippen LogP) is 1.57. The van der Waals surface area contributed by atoms with Crippen molar-refractivity contribution in [3.63, 3.8) is 0 Å². The number of fused-ring (bicyclic) bond motifs is 1. The molecule has 0 saturated heterocycles. The van der Waals surface area contributed by atoms with Crippen LogP contribution in [-0.4, -0.2) is 12.8 Å². The third-order valence-corrected chi connectivity index (χ3v) is 1.83. The summed E-state index contributed by atoms with van der Waals surface area (Å²) < 4.78 is 0. The lowest BCUT2D eigenvalue weighted by Gasteiger charge is -2.06. The Hall–Kier alpha value is -0.850. The SMILES string of the molecule is C1=CC2C=NCC2=CC1. The van der Waals surface area contributed by atoms with Crippen LogP contribution < -0.4 is 0 Å². The molecule has 0 aromatic rings. The lowest BCUT2D eigenvalue weighted by molar-refractivity contribution is 0.994. The van der Waals surface area contributed by atoms with Crippen molar-refractivity contribution in [1.29, 1.82) is 0 Å². The van der Waals surface area contributed by atoms with Gasteiger partial charge in [-0.25, -0.2) is 0 Å². The van der Waals surface area contributed by atoms with E-state index in [-0.39, 0.29) is 0 Å². The Labute approximate surface area is 54.8 Å². The molecule has 1 aliphatic heterocycles. The van der Waals surface area contributed by atoms with Crippen molar-refractivity contribution in [3.05, 3.63) is 23.8 Å². The van der Waals surface area contributed by atoms with Gasteiger partial charge >= 0.3 is 0 Å². The number of hydrogen-bond donors (Lipinski definition) is 0. The van der Waals surface area contributed by atoms with Crippen LogP contribution in [0.25, 0.3) is 0 Å². The zero-order chi connectivity index (χ0) is 6.10. The molecule has 1 heteroatoms. The van der Waals surface area contributed by atoms with Crippen LogP contribution in [0.2, 0.25) is 0 Å². The summed E-state index contributed by atoms with van der Waals surface area (Å²) in [5.41, 5.74) is 1.48. The van der Waals surface area contributed by atoms with Crippen molar-refractivity contribution in [1.82, 2.24) is 0 Å². The number of aliphatic imine (C=N–C) groups is 1. The third-order valence-electron chi connectivity index (χ3n) is 1.83. The van der Waals surface area contributed by atoms with E-state index in [0.29, 0.717) is 5.92 Å². The zero-order valence-corrected chi connectivity index (χ0v) is 5.25. The van der Waals surface area contributed by atoms with E-state index in [2.05, 4.69) is 23.2 Å². The third kappa shape index (κ3) is 0.727. The zero-order valence-electron chi connectivity index (χ0n) is 5.25. The molecule has 1 nitrogen and oxygen atoms in total. The van der Waals surface area contributed by atoms with Crippen LogP contribution in [0.3, 0.4) is 0 Å². The van der Waals surface area contributed by atoms with E-state index >= 15 is 0 Å². The average Bonchev–Trinajstić information content (AvgIpc) is 2.33. The highest BCUT2D eigenvalue weighted by atomic mass is 14.7. The molecular weight excluding hydrogens is 110 g/mol. The summed E-state index contributed by atoms with van der Waals surface area (Å²) in [6.07, 6.45) is 9.84. The first kappa shape index (κ1) is 4.98. The van der Waals surface area contributed by atoms with Crippen molar-refractivity contribution < 1.29 is 0 Å². The van der Waals surface area contributed by atoms with Gasteiger partial charge in [0.25, 0.3) is 0 Å². The Morgan fingerprint density at radius 2 is 2.56 bits per heavy atom. The average molecular weight is 119 g/mol. The highest BCUT2D eigenvalue weighted by molar-refractivity contribution is 5.72. The van der Waals surface area contributed by atoms with Gasteiger partial charge in [0.15, 0.2) is 0 Å². The smallest absolute Gasteiger partial charge is 0.0605 e. The summed E-state index contributed by atoms with van der Waals surface area (Å²) in [7, 11) is 0. The van der Waals surface area contributed by atoms with Crippen LogP contribution >= 0.6 is 0 Å². The van der Waals surface area contributed by atoms with Crippen LogP contribution in [0.4, 0.5) is 0 Å². The molecule has 0 bridgehead atoms. The second-order valence-electron chi connectivity index (χ2n) is 2.46. The van der Waals surface area contributed by atoms with Crippen molar-refractivity contribution in [2.45, 2.75) is 6.42 Å². The van der Waals surface area contributed by atoms with E-state index < -0.39 is 0 Å². The van der Waals surface area contributed by atoms with Gasteiger partial charge < -0.3 is 0 Å². The molecule has 0 radical (unpaired) electrons. The van der Waals surface area contributed by atoms with E-state index in [4.69, 9.17) is 0 Å². The van der Waals surface area contributed by atoms with Crippen molar-refractivity contribution in [3.8, 4) is 0 Å². The van der Waals surface area contributed by atoms with Crippen LogP contribution in [0, 0.1) is 5.92 Å². The molecule has 1 atom stereocenters. The van der Waals surface area contributed by atoms with Crippen LogP contribution in [0.1, 0.15) is 6.42 Å². The summed E-state index contributed by atoms with van der Waals surface area (Å²) in [4.78, 5) is 4.18. The second-order valence-corrected chi connectivity index (χ2v) is 2.46. The minimum atomic E-state index is 0.554. The minimum Gasteiger partial charge on any atom is -0.292 e. The van der Waals surface area contributed by atoms with Gasteiger partial charge in [-0.2, -0.15) is 0 Å². The molecule has 1 heterocycles. The highest BCUT2D eigenvalue weighted by Gasteiger charge is 2.14. The molecule has 0 N–H and O–H groups in total. The Bertz CT molecular complexity index is 199. The van der Waals surface area contributed by atoms with Crippen LogP contribution in [-0.2, 0) is 0 Å². The molecule has 1 aliphatic carbocycles. The maximum absolute atomic E-state index is 4.18. The van der Waals surface area contributed by atoms with Crippen LogP contribution in [0.5, 0.6) is 0 Å². The molecule has 46 valence electrons. The van der Waals surface area contributed by atoms with Crippen molar-refractivity contribution >= 4 is 6.21 Å². The fourth-order valence-electron chi connectivity index (χ4n) is 1.29. The summed E-state index contributed by atoms with van der Waals surface area (Å²) >= 11 is 0. The molecule has 0 fully saturated rings. The molecule has 0 saturated carbocycles. The second kappa shape index (κ2) is 1.83. The van der Waals surface area contributed by atoms with E-state index in [0.717, 1.165) is 13.0 Å². The Balaban J connectivity index is 2.29. The predicted molar refractivity (Wildman–Crippen MR) is 38.7 cm³/mol. The lowest BCUT2D eigenvalue weighted by atomic mass is 9.97. The largest absolute Gasteiger partial charge is 0.292 e. The van der Waals surface area contributed by atoms with E-state index in [1.54, 1.807) is 0 Å². The lowest BCUT2D eigenvalue weighted by Crippen LogP contribution is -2.00. The standard InChI is InChI=1S/C8H9N/c1-2-4-8-6-9-5-7(8)3-1/h1,3-5,7H,2,6H2. The maximum Gasteiger partial charge on any atom is 0.0605 e. The number of hydrogen-bond acceptors (Lipinski definition) is 1. The van der Waals surface area contributed by atoms with E-state index in [9.17, 15) is 0 Å². The normalized spacial score (nSPS) is 30.2. The fraction of sp³-hybridized carbons (Fsp3) is 0.375. The molecule has 9 heavy (non-hydrogen) atoms. The summed E-state index contributed by atoms with van der Waals surface area (Å²) in [5, 5.41) is 0. The molecule has 0 spiro atoms. The molecule has 1 unspecified atom stereocenters. The first-order valence-corrected chi connectivity index (χ1v) is 3.32. The highest BCUT2D eigenvalue weighted by Crippen LogP contribution is 2.21. The first-order chi connectivity index (χ1) is 4.47. The Kier molecular flexibility index (Phi) is 1.01. The van der Waals surface area contributed by atoms with E-state index in [1.165, 1.54) is 5.57 Å². The van der Waals surface area contributed by atoms with Gasteiger partial charge in [0.1, 0.15) is 0 Å². The van der Waals surface area contributed by atoms with Crippen LogP contribution in [0.15, 0.2) is 28.8 Å². The quantitative estimate of drug-likeness (QED) is 0.429. The fourth-order valence-corrected chi connectivity index (χ4v) is 1.29. The summed E-state index contributed by atoms with van der Waals surface area (Å²) in [5.74, 6) is 0.554.